The van der Waals surface area contributed by atoms with Crippen LogP contribution in [0.1, 0.15) is 41.7 Å². The maximum Gasteiger partial charge on any atom is 0.248 e. The molecule has 0 saturated heterocycles. The number of methoxy groups -OCH3 is 1. The fourth-order valence-electron chi connectivity index (χ4n) is 4.47. The molecule has 34 heavy (non-hydrogen) atoms. The molecule has 0 unspecified atom stereocenters. The minimum atomic E-state index is -0.177. The Hall–Kier alpha value is -3.79. The van der Waals surface area contributed by atoms with Gasteiger partial charge in [0.25, 0.3) is 0 Å². The van der Waals surface area contributed by atoms with Crippen molar-refractivity contribution < 1.29 is 13.9 Å². The normalized spacial score (nSPS) is 11.6. The van der Waals surface area contributed by atoms with Crippen molar-refractivity contribution in [3.63, 3.8) is 0 Å². The molecule has 0 radical (unpaired) electrons. The van der Waals surface area contributed by atoms with E-state index in [-0.39, 0.29) is 5.91 Å². The van der Waals surface area contributed by atoms with Crippen LogP contribution in [-0.2, 0) is 11.2 Å². The SMILES string of the molecule is CCc1ccc(NC(=O)/C=C(\C)c2cc3c(-c4ccc(C)cc4C)coc3c(C)c2OC)cc1. The van der Waals surface area contributed by atoms with Crippen molar-refractivity contribution in [2.24, 2.45) is 0 Å². The molecular weight excluding hydrogens is 422 g/mol. The van der Waals surface area contributed by atoms with Gasteiger partial charge in [-0.15, -0.1) is 0 Å². The Morgan fingerprint density at radius 2 is 1.76 bits per heavy atom. The molecule has 0 spiro atoms. The predicted octanol–water partition coefficient (Wildman–Crippen LogP) is 7.64. The van der Waals surface area contributed by atoms with Crippen molar-refractivity contribution in [2.45, 2.75) is 41.0 Å². The van der Waals surface area contributed by atoms with Crippen molar-refractivity contribution in [3.05, 3.63) is 88.7 Å². The van der Waals surface area contributed by atoms with E-state index in [1.54, 1.807) is 13.2 Å². The number of carbonyl (C=O) groups is 1. The number of hydrogen-bond donors (Lipinski definition) is 1. The lowest BCUT2D eigenvalue weighted by Crippen LogP contribution is -2.08. The Kier molecular flexibility index (Phi) is 6.60. The van der Waals surface area contributed by atoms with Gasteiger partial charge in [0.2, 0.25) is 5.91 Å². The van der Waals surface area contributed by atoms with Crippen molar-refractivity contribution in [2.75, 3.05) is 12.4 Å². The van der Waals surface area contributed by atoms with E-state index >= 15 is 0 Å². The number of aryl methyl sites for hydroxylation is 4. The molecule has 1 amide bonds. The van der Waals surface area contributed by atoms with E-state index in [1.165, 1.54) is 16.7 Å². The number of hydrogen-bond acceptors (Lipinski definition) is 3. The molecule has 174 valence electrons. The number of anilines is 1. The summed E-state index contributed by atoms with van der Waals surface area (Å²) in [4.78, 5) is 12.8. The highest BCUT2D eigenvalue weighted by Gasteiger charge is 2.19. The predicted molar refractivity (Wildman–Crippen MR) is 141 cm³/mol. The van der Waals surface area contributed by atoms with E-state index in [4.69, 9.17) is 9.15 Å². The number of nitrogens with one attached hydrogen (secondary N) is 1. The second kappa shape index (κ2) is 9.60. The highest BCUT2D eigenvalue weighted by Crippen LogP contribution is 2.41. The van der Waals surface area contributed by atoms with E-state index in [0.29, 0.717) is 5.75 Å². The second-order valence-corrected chi connectivity index (χ2v) is 8.79. The third-order valence-corrected chi connectivity index (χ3v) is 6.32. The molecule has 0 aliphatic rings. The van der Waals surface area contributed by atoms with E-state index in [2.05, 4.69) is 50.4 Å². The van der Waals surface area contributed by atoms with E-state index in [0.717, 1.165) is 50.9 Å². The molecule has 0 aliphatic heterocycles. The van der Waals surface area contributed by atoms with Crippen LogP contribution in [0.25, 0.3) is 27.7 Å². The van der Waals surface area contributed by atoms with Crippen LogP contribution in [0.4, 0.5) is 5.69 Å². The smallest absolute Gasteiger partial charge is 0.248 e. The van der Waals surface area contributed by atoms with Gasteiger partial charge in [-0.2, -0.15) is 0 Å². The topological polar surface area (TPSA) is 51.5 Å². The first-order valence-corrected chi connectivity index (χ1v) is 11.6. The molecule has 0 atom stereocenters. The Bertz CT molecular complexity index is 1390. The van der Waals surface area contributed by atoms with Gasteiger partial charge in [-0.3, -0.25) is 4.79 Å². The molecule has 1 N–H and O–H groups in total. The molecule has 4 aromatic rings. The summed E-state index contributed by atoms with van der Waals surface area (Å²) in [7, 11) is 1.65. The zero-order chi connectivity index (χ0) is 24.4. The van der Waals surface area contributed by atoms with Crippen LogP contribution >= 0.6 is 0 Å². The van der Waals surface area contributed by atoms with E-state index in [9.17, 15) is 4.79 Å². The molecule has 0 fully saturated rings. The Labute approximate surface area is 201 Å². The second-order valence-electron chi connectivity index (χ2n) is 8.79. The van der Waals surface area contributed by atoms with Crippen LogP contribution < -0.4 is 10.1 Å². The summed E-state index contributed by atoms with van der Waals surface area (Å²) in [5, 5.41) is 3.96. The standard InChI is InChI=1S/C30H31NO3/c1-7-22-9-11-23(12-10-22)31-28(32)15-20(4)25-16-26-27(24-13-8-18(2)14-19(24)3)17-34-30(26)21(5)29(25)33-6/h8-17H,7H2,1-6H3,(H,31,32)/b20-15+. The number of allylic oxidation sites excluding steroid dienone is 1. The van der Waals surface area contributed by atoms with Gasteiger partial charge in [0.15, 0.2) is 0 Å². The molecule has 1 heterocycles. The summed E-state index contributed by atoms with van der Waals surface area (Å²) in [5.41, 5.74) is 9.99. The molecule has 4 heteroatoms. The highest BCUT2D eigenvalue weighted by molar-refractivity contribution is 6.06. The number of ether oxygens (including phenoxy) is 1. The number of carbonyl (C=O) groups excluding carboxylic acids is 1. The average Bonchev–Trinajstić information content (AvgIpc) is 3.23. The van der Waals surface area contributed by atoms with Gasteiger partial charge in [0.05, 0.1) is 13.4 Å². The minimum Gasteiger partial charge on any atom is -0.496 e. The molecule has 0 aliphatic carbocycles. The number of furan rings is 1. The van der Waals surface area contributed by atoms with Crippen LogP contribution in [0.5, 0.6) is 5.75 Å². The van der Waals surface area contributed by atoms with E-state index < -0.39 is 0 Å². The lowest BCUT2D eigenvalue weighted by Gasteiger charge is -2.14. The number of rotatable bonds is 6. The lowest BCUT2D eigenvalue weighted by molar-refractivity contribution is -0.111. The van der Waals surface area contributed by atoms with Crippen molar-refractivity contribution >= 4 is 28.1 Å². The third-order valence-electron chi connectivity index (χ3n) is 6.32. The molecule has 1 aromatic heterocycles. The quantitative estimate of drug-likeness (QED) is 0.305. The van der Waals surface area contributed by atoms with Crippen molar-refractivity contribution in [3.8, 4) is 16.9 Å². The Balaban J connectivity index is 1.75. The summed E-state index contributed by atoms with van der Waals surface area (Å²) < 4.78 is 11.7. The maximum atomic E-state index is 12.8. The molecule has 4 nitrogen and oxygen atoms in total. The molecular formula is C30H31NO3. The summed E-state index contributed by atoms with van der Waals surface area (Å²) in [6, 6.07) is 16.4. The third kappa shape index (κ3) is 4.49. The van der Waals surface area contributed by atoms with Crippen molar-refractivity contribution in [1.29, 1.82) is 0 Å². The Morgan fingerprint density at radius 3 is 2.41 bits per heavy atom. The van der Waals surface area contributed by atoms with Gasteiger partial charge in [-0.05, 0) is 74.6 Å². The lowest BCUT2D eigenvalue weighted by atomic mass is 9.94. The largest absolute Gasteiger partial charge is 0.496 e. The van der Waals surface area contributed by atoms with Crippen LogP contribution in [0, 0.1) is 20.8 Å². The van der Waals surface area contributed by atoms with Gasteiger partial charge in [-0.1, -0.05) is 42.8 Å². The van der Waals surface area contributed by atoms with Gasteiger partial charge in [0, 0.05) is 33.8 Å². The Morgan fingerprint density at radius 1 is 1.03 bits per heavy atom. The minimum absolute atomic E-state index is 0.177. The fourth-order valence-corrected chi connectivity index (χ4v) is 4.47. The fraction of sp³-hybridized carbons (Fsp3) is 0.233. The van der Waals surface area contributed by atoms with Crippen LogP contribution in [-0.4, -0.2) is 13.0 Å². The first-order chi connectivity index (χ1) is 16.3. The van der Waals surface area contributed by atoms with Gasteiger partial charge in [-0.25, -0.2) is 0 Å². The van der Waals surface area contributed by atoms with Gasteiger partial charge >= 0.3 is 0 Å². The zero-order valence-corrected chi connectivity index (χ0v) is 20.7. The van der Waals surface area contributed by atoms with E-state index in [1.807, 2.05) is 44.4 Å². The van der Waals surface area contributed by atoms with Crippen molar-refractivity contribution in [1.82, 2.24) is 0 Å². The number of amides is 1. The maximum absolute atomic E-state index is 12.8. The molecule has 0 saturated carbocycles. The molecule has 4 rings (SSSR count). The van der Waals surface area contributed by atoms with Crippen LogP contribution in [0.3, 0.4) is 0 Å². The van der Waals surface area contributed by atoms with Gasteiger partial charge < -0.3 is 14.5 Å². The zero-order valence-electron chi connectivity index (χ0n) is 20.7. The highest BCUT2D eigenvalue weighted by atomic mass is 16.5. The molecule has 0 bridgehead atoms. The number of fused-ring (bicyclic) bond motifs is 1. The summed E-state index contributed by atoms with van der Waals surface area (Å²) >= 11 is 0. The summed E-state index contributed by atoms with van der Waals surface area (Å²) in [5.74, 6) is 0.534. The van der Waals surface area contributed by atoms with Gasteiger partial charge in [0.1, 0.15) is 11.3 Å². The van der Waals surface area contributed by atoms with Crippen LogP contribution in [0.2, 0.25) is 0 Å². The summed E-state index contributed by atoms with van der Waals surface area (Å²) in [6.07, 6.45) is 4.39. The van der Waals surface area contributed by atoms with Crippen LogP contribution in [0.15, 0.2) is 65.3 Å². The monoisotopic (exact) mass is 453 g/mol. The summed E-state index contributed by atoms with van der Waals surface area (Å²) in [6.45, 7) is 10.2. The molecule has 3 aromatic carbocycles. The first-order valence-electron chi connectivity index (χ1n) is 11.6. The number of benzene rings is 3. The first kappa shape index (κ1) is 23.4. The average molecular weight is 454 g/mol.